The summed E-state index contributed by atoms with van der Waals surface area (Å²) in [5, 5.41) is 25.6. The van der Waals surface area contributed by atoms with E-state index < -0.39 is 59.7 Å². The number of anilines is 1. The molecule has 2 bridgehead atoms. The van der Waals surface area contributed by atoms with Crippen molar-refractivity contribution in [3.8, 4) is 11.1 Å². The molecule has 57 heavy (non-hydrogen) atoms. The molecule has 2 aromatic heterocycles. The lowest BCUT2D eigenvalue weighted by atomic mass is 9.99. The summed E-state index contributed by atoms with van der Waals surface area (Å²) in [6, 6.07) is 27.4. The van der Waals surface area contributed by atoms with E-state index >= 15 is 0 Å². The number of benzene rings is 3. The fourth-order valence-corrected chi connectivity index (χ4v) is 7.13. The van der Waals surface area contributed by atoms with Crippen LogP contribution in [0.15, 0.2) is 121 Å². The fourth-order valence-electron chi connectivity index (χ4n) is 6.38. The van der Waals surface area contributed by atoms with Crippen LogP contribution in [0.2, 0.25) is 0 Å². The smallest absolute Gasteiger partial charge is 0.326 e. The largest absolute Gasteiger partial charge is 0.480 e. The molecule has 0 saturated heterocycles. The number of carbonyl (C=O) groups excluding carboxylic acids is 5. The van der Waals surface area contributed by atoms with Crippen molar-refractivity contribution in [3.05, 3.63) is 142 Å². The van der Waals surface area contributed by atoms with Crippen LogP contribution in [0.3, 0.4) is 0 Å². The van der Waals surface area contributed by atoms with Crippen molar-refractivity contribution >= 4 is 52.5 Å². The maximum Gasteiger partial charge on any atom is 0.326 e. The van der Waals surface area contributed by atoms with Crippen LogP contribution in [0.1, 0.15) is 34.5 Å². The average molecular weight is 787 g/mol. The molecule has 0 saturated carbocycles. The maximum atomic E-state index is 14.4. The normalized spacial score (nSPS) is 19.9. The van der Waals surface area contributed by atoms with Crippen LogP contribution in [-0.2, 0) is 54.5 Å². The highest BCUT2D eigenvalue weighted by Gasteiger charge is 2.32. The second-order valence-electron chi connectivity index (χ2n) is 13.7. The zero-order valence-electron chi connectivity index (χ0n) is 30.9. The average Bonchev–Trinajstić information content (AvgIpc) is 3.73. The Labute approximate surface area is 333 Å². The zero-order chi connectivity index (χ0) is 40.1. The lowest BCUT2D eigenvalue weighted by molar-refractivity contribution is -0.142. The van der Waals surface area contributed by atoms with Crippen LogP contribution in [-0.4, -0.2) is 69.8 Å². The van der Waals surface area contributed by atoms with Gasteiger partial charge in [0.15, 0.2) is 0 Å². The maximum absolute atomic E-state index is 14.4. The van der Waals surface area contributed by atoms with Crippen molar-refractivity contribution in [2.75, 3.05) is 5.32 Å². The van der Waals surface area contributed by atoms with Gasteiger partial charge in [-0.15, -0.1) is 11.3 Å². The Kier molecular flexibility index (Phi) is 13.5. The minimum Gasteiger partial charge on any atom is -0.480 e. The van der Waals surface area contributed by atoms with Gasteiger partial charge in [0.2, 0.25) is 29.5 Å². The number of nitrogens with one attached hydrogen (secondary N) is 5. The van der Waals surface area contributed by atoms with Crippen LogP contribution in [0.4, 0.5) is 5.69 Å². The van der Waals surface area contributed by atoms with Gasteiger partial charge in [0, 0.05) is 61.0 Å². The predicted molar refractivity (Wildman–Crippen MR) is 215 cm³/mol. The van der Waals surface area contributed by atoms with Crippen LogP contribution in [0, 0.1) is 0 Å². The third kappa shape index (κ3) is 11.7. The number of carboxylic acids is 1. The summed E-state index contributed by atoms with van der Waals surface area (Å²) < 4.78 is 0. The SMILES string of the molecule is O=C1CCC(=O)N[C@H](Cc2cccs2)C(=O)N[C@@H](Cc2ccc(-c3ccccc3)cc2)C(=O)N[C@@H](Cc2ccccn2)C(=O)N[C@H](C(=O)O)Cc2ccc(cc2)N1. The van der Waals surface area contributed by atoms with Crippen LogP contribution in [0.25, 0.3) is 11.1 Å². The number of hydrogen-bond acceptors (Lipinski definition) is 8. The van der Waals surface area contributed by atoms with Crippen LogP contribution >= 0.6 is 11.3 Å². The Morgan fingerprint density at radius 2 is 1.26 bits per heavy atom. The second-order valence-corrected chi connectivity index (χ2v) is 14.7. The molecule has 0 unspecified atom stereocenters. The van der Waals surface area contributed by atoms with E-state index in [9.17, 15) is 33.9 Å². The molecule has 5 aromatic rings. The number of hydrogen-bond donors (Lipinski definition) is 6. The molecular formula is C43H42N6O7S. The summed E-state index contributed by atoms with van der Waals surface area (Å²) in [5.41, 5.74) is 4.10. The number of aromatic nitrogens is 1. The van der Waals surface area contributed by atoms with Gasteiger partial charge in [0.1, 0.15) is 24.2 Å². The first-order valence-electron chi connectivity index (χ1n) is 18.5. The summed E-state index contributed by atoms with van der Waals surface area (Å²) in [5.74, 6) is -4.39. The highest BCUT2D eigenvalue weighted by Crippen LogP contribution is 2.20. The highest BCUT2D eigenvalue weighted by atomic mass is 32.1. The summed E-state index contributed by atoms with van der Waals surface area (Å²) in [7, 11) is 0. The van der Waals surface area contributed by atoms with E-state index in [4.69, 9.17) is 0 Å². The van der Waals surface area contributed by atoms with Crippen molar-refractivity contribution in [2.45, 2.75) is 62.7 Å². The van der Waals surface area contributed by atoms with Gasteiger partial charge in [-0.25, -0.2) is 4.79 Å². The van der Waals surface area contributed by atoms with E-state index in [1.807, 2.05) is 72.1 Å². The molecule has 7 rings (SSSR count). The van der Waals surface area contributed by atoms with E-state index in [0.29, 0.717) is 22.5 Å². The number of nitrogens with zero attached hydrogens (tertiary/aromatic N) is 1. The summed E-state index contributed by atoms with van der Waals surface area (Å²) in [4.78, 5) is 86.0. The van der Waals surface area contributed by atoms with Gasteiger partial charge in [0.25, 0.3) is 0 Å². The van der Waals surface area contributed by atoms with E-state index in [-0.39, 0.29) is 38.5 Å². The number of pyridine rings is 1. The Bertz CT molecular complexity index is 2170. The third-order valence-electron chi connectivity index (χ3n) is 9.41. The fraction of sp³-hybridized carbons (Fsp3) is 0.233. The van der Waals surface area contributed by atoms with E-state index in [1.54, 1.807) is 48.7 Å². The van der Waals surface area contributed by atoms with Crippen LogP contribution < -0.4 is 26.6 Å². The predicted octanol–water partition coefficient (Wildman–Crippen LogP) is 3.84. The first-order chi connectivity index (χ1) is 27.6. The lowest BCUT2D eigenvalue weighted by Gasteiger charge is -2.26. The van der Waals surface area contributed by atoms with Crippen molar-refractivity contribution in [2.24, 2.45) is 0 Å². The lowest BCUT2D eigenvalue weighted by Crippen LogP contribution is -2.59. The molecule has 5 amide bonds. The number of amides is 5. The molecule has 2 aliphatic rings. The summed E-state index contributed by atoms with van der Waals surface area (Å²) in [6.07, 6.45) is 1.12. The quantitative estimate of drug-likeness (QED) is 0.128. The Morgan fingerprint density at radius 1 is 0.632 bits per heavy atom. The van der Waals surface area contributed by atoms with E-state index in [2.05, 4.69) is 31.6 Å². The third-order valence-corrected chi connectivity index (χ3v) is 10.3. The topological polar surface area (TPSA) is 196 Å². The first-order valence-corrected chi connectivity index (χ1v) is 19.4. The van der Waals surface area contributed by atoms with E-state index in [0.717, 1.165) is 16.0 Å². The number of fused-ring (bicyclic) bond motifs is 18. The molecule has 0 fully saturated rings. The molecule has 292 valence electrons. The van der Waals surface area contributed by atoms with Crippen molar-refractivity contribution < 1.29 is 33.9 Å². The number of aliphatic carboxylic acids is 1. The zero-order valence-corrected chi connectivity index (χ0v) is 31.7. The number of carbonyl (C=O) groups is 6. The molecule has 0 spiro atoms. The van der Waals surface area contributed by atoms with Crippen molar-refractivity contribution in [1.29, 1.82) is 0 Å². The van der Waals surface area contributed by atoms with E-state index in [1.165, 1.54) is 11.3 Å². The minimum atomic E-state index is -1.37. The minimum absolute atomic E-state index is 0.0119. The second kappa shape index (κ2) is 19.3. The monoisotopic (exact) mass is 786 g/mol. The molecule has 2 aliphatic heterocycles. The molecule has 4 atom stereocenters. The van der Waals surface area contributed by atoms with Gasteiger partial charge < -0.3 is 31.7 Å². The summed E-state index contributed by atoms with van der Waals surface area (Å²) >= 11 is 1.40. The van der Waals surface area contributed by atoms with Crippen molar-refractivity contribution in [1.82, 2.24) is 26.3 Å². The van der Waals surface area contributed by atoms with Gasteiger partial charge in [-0.3, -0.25) is 29.0 Å². The molecule has 0 aliphatic carbocycles. The molecule has 13 nitrogen and oxygen atoms in total. The molecule has 0 radical (unpaired) electrons. The Morgan fingerprint density at radius 3 is 1.91 bits per heavy atom. The number of rotatable bonds is 8. The van der Waals surface area contributed by atoms with Gasteiger partial charge in [-0.05, 0) is 58.0 Å². The van der Waals surface area contributed by atoms with Crippen molar-refractivity contribution in [3.63, 3.8) is 0 Å². The van der Waals surface area contributed by atoms with Gasteiger partial charge >= 0.3 is 5.97 Å². The molecule has 3 aromatic carbocycles. The number of carboxylic acid groups (broad SMARTS) is 1. The first kappa shape index (κ1) is 40.0. The van der Waals surface area contributed by atoms with Gasteiger partial charge in [-0.2, -0.15) is 0 Å². The Balaban J connectivity index is 1.34. The standard InChI is InChI=1S/C43H42N6O7S/c50-38-19-20-39(51)46-36(26-33-10-6-22-57-33)42(54)47-34(23-27-11-15-30(16-12-27)29-7-2-1-3-8-29)40(52)48-35(25-32-9-4-5-21-44-32)41(53)49-37(43(55)56)24-28-13-17-31(45-38)18-14-28/h1-18,21-22,34-37H,19-20,23-26H2,(H,45,50)(H,46,51)(H,47,54)(H,48,52)(H,49,53)(H,55,56)/t34-,35-,36+,37-/m0/s1. The number of thiophene rings is 1. The summed E-state index contributed by atoms with van der Waals surface area (Å²) in [6.45, 7) is 0. The molecule has 6 N–H and O–H groups in total. The van der Waals surface area contributed by atoms with Gasteiger partial charge in [0.05, 0.1) is 0 Å². The molecule has 14 heteroatoms. The van der Waals surface area contributed by atoms with Gasteiger partial charge in [-0.1, -0.05) is 78.9 Å². The molecular weight excluding hydrogens is 745 g/mol. The highest BCUT2D eigenvalue weighted by molar-refractivity contribution is 7.09. The molecule has 4 heterocycles. The van der Waals surface area contributed by atoms with Crippen LogP contribution in [0.5, 0.6) is 0 Å². The Hall–Kier alpha value is -6.67.